The van der Waals surface area contributed by atoms with Crippen molar-refractivity contribution in [3.8, 4) is 0 Å². The Morgan fingerprint density at radius 3 is 2.68 bits per heavy atom. The van der Waals surface area contributed by atoms with Crippen molar-refractivity contribution in [1.82, 2.24) is 19.1 Å². The highest BCUT2D eigenvalue weighted by Crippen LogP contribution is 2.31. The molecule has 0 amide bonds. The summed E-state index contributed by atoms with van der Waals surface area (Å²) in [6.07, 6.45) is 3.23. The van der Waals surface area contributed by atoms with Crippen LogP contribution in [0.4, 0.5) is 0 Å². The Morgan fingerprint density at radius 1 is 1.19 bits per heavy atom. The quantitative estimate of drug-likeness (QED) is 0.452. The molecular formula is C24H28N4O3. The van der Waals surface area contributed by atoms with Gasteiger partial charge >= 0.3 is 11.7 Å². The van der Waals surface area contributed by atoms with E-state index in [4.69, 9.17) is 0 Å². The minimum atomic E-state index is -0.917. The highest BCUT2D eigenvalue weighted by Gasteiger charge is 2.26. The van der Waals surface area contributed by atoms with Gasteiger partial charge in [0.25, 0.3) is 0 Å². The minimum absolute atomic E-state index is 0.108. The molecule has 7 nitrogen and oxygen atoms in total. The second-order valence-electron chi connectivity index (χ2n) is 8.28. The molecule has 3 heterocycles. The van der Waals surface area contributed by atoms with Crippen LogP contribution in [0.5, 0.6) is 0 Å². The number of nitrogens with one attached hydrogen (secondary N) is 1. The summed E-state index contributed by atoms with van der Waals surface area (Å²) in [4.78, 5) is 33.2. The Balaban J connectivity index is 1.97. The Morgan fingerprint density at radius 2 is 1.97 bits per heavy atom. The number of carboxylic acids is 1. The molecule has 0 spiro atoms. The summed E-state index contributed by atoms with van der Waals surface area (Å²) in [5, 5.41) is 10.6. The van der Waals surface area contributed by atoms with Crippen LogP contribution in [0.3, 0.4) is 0 Å². The summed E-state index contributed by atoms with van der Waals surface area (Å²) in [6.45, 7) is 7.94. The molecule has 0 fully saturated rings. The second-order valence-corrected chi connectivity index (χ2v) is 8.28. The number of aryl methyl sites for hydroxylation is 2. The molecule has 7 heteroatoms. The highest BCUT2D eigenvalue weighted by atomic mass is 16.4. The summed E-state index contributed by atoms with van der Waals surface area (Å²) in [5.41, 5.74) is 5.04. The lowest BCUT2D eigenvalue weighted by molar-refractivity contribution is -0.137. The molecule has 1 unspecified atom stereocenters. The van der Waals surface area contributed by atoms with E-state index in [1.165, 1.54) is 0 Å². The number of aromatic amines is 1. The molecule has 0 bridgehead atoms. The monoisotopic (exact) mass is 420 g/mol. The maximum Gasteiger partial charge on any atom is 0.331 e. The predicted octanol–water partition coefficient (Wildman–Crippen LogP) is 4.72. The highest BCUT2D eigenvalue weighted by molar-refractivity contribution is 5.87. The third kappa shape index (κ3) is 3.54. The molecule has 4 rings (SSSR count). The van der Waals surface area contributed by atoms with Gasteiger partial charge in [-0.3, -0.25) is 13.9 Å². The fraction of sp³-hybridized carbons (Fsp3) is 0.375. The summed E-state index contributed by atoms with van der Waals surface area (Å²) < 4.78 is 3.35. The van der Waals surface area contributed by atoms with E-state index in [-0.39, 0.29) is 18.2 Å². The number of imidazole rings is 1. The van der Waals surface area contributed by atoms with E-state index in [2.05, 4.69) is 23.0 Å². The maximum absolute atomic E-state index is 13.7. The fourth-order valence-electron chi connectivity index (χ4n) is 4.64. The first-order valence-electron chi connectivity index (χ1n) is 10.7. The topological polar surface area (TPSA) is 92.9 Å². The van der Waals surface area contributed by atoms with Crippen molar-refractivity contribution in [3.05, 3.63) is 63.8 Å². The number of pyridine rings is 1. The SMILES string of the molecule is CCCC(CC(=O)O)n1c(=O)n([C@@H](C)c2c[nH]c3cccc(C)c23)c2ccc(C)nc21. The number of aliphatic carboxylic acids is 1. The number of benzene rings is 1. The van der Waals surface area contributed by atoms with Gasteiger partial charge in [-0.15, -0.1) is 0 Å². The van der Waals surface area contributed by atoms with Gasteiger partial charge in [-0.25, -0.2) is 9.78 Å². The lowest BCUT2D eigenvalue weighted by Crippen LogP contribution is -2.30. The average Bonchev–Trinajstić information content (AvgIpc) is 3.26. The van der Waals surface area contributed by atoms with Crippen molar-refractivity contribution < 1.29 is 9.90 Å². The molecule has 0 radical (unpaired) electrons. The van der Waals surface area contributed by atoms with E-state index >= 15 is 0 Å². The van der Waals surface area contributed by atoms with E-state index in [0.29, 0.717) is 12.1 Å². The zero-order chi connectivity index (χ0) is 22.3. The van der Waals surface area contributed by atoms with E-state index in [0.717, 1.165) is 39.7 Å². The van der Waals surface area contributed by atoms with Gasteiger partial charge in [-0.2, -0.15) is 0 Å². The first-order chi connectivity index (χ1) is 14.8. The van der Waals surface area contributed by atoms with Gasteiger partial charge in [0.2, 0.25) is 0 Å². The summed E-state index contributed by atoms with van der Waals surface area (Å²) in [6, 6.07) is 9.22. The van der Waals surface area contributed by atoms with E-state index in [9.17, 15) is 14.7 Å². The number of aromatic nitrogens is 4. The normalized spacial score (nSPS) is 13.7. The van der Waals surface area contributed by atoms with Gasteiger partial charge in [-0.1, -0.05) is 25.5 Å². The Labute approximate surface area is 180 Å². The number of H-pyrrole nitrogens is 1. The predicted molar refractivity (Wildman–Crippen MR) is 122 cm³/mol. The van der Waals surface area contributed by atoms with Crippen LogP contribution in [0.1, 0.15) is 62.0 Å². The smallest absolute Gasteiger partial charge is 0.331 e. The lowest BCUT2D eigenvalue weighted by Gasteiger charge is -2.16. The van der Waals surface area contributed by atoms with Crippen LogP contribution in [0.25, 0.3) is 22.1 Å². The Bertz CT molecular complexity index is 1330. The molecule has 31 heavy (non-hydrogen) atoms. The number of hydrogen-bond donors (Lipinski definition) is 2. The summed E-state index contributed by atoms with van der Waals surface area (Å²) >= 11 is 0. The molecule has 2 N–H and O–H groups in total. The van der Waals surface area contributed by atoms with Gasteiger partial charge in [-0.05, 0) is 51.0 Å². The molecule has 0 saturated heterocycles. The molecule has 0 aliphatic heterocycles. The van der Waals surface area contributed by atoms with Crippen LogP contribution in [0.2, 0.25) is 0 Å². The Hall–Kier alpha value is -3.35. The summed E-state index contributed by atoms with van der Waals surface area (Å²) in [7, 11) is 0. The molecule has 0 aliphatic rings. The van der Waals surface area contributed by atoms with Crippen molar-refractivity contribution >= 4 is 28.0 Å². The lowest BCUT2D eigenvalue weighted by atomic mass is 10.0. The fourth-order valence-corrected chi connectivity index (χ4v) is 4.64. The van der Waals surface area contributed by atoms with Crippen LogP contribution in [0.15, 0.2) is 41.3 Å². The van der Waals surface area contributed by atoms with Crippen molar-refractivity contribution in [1.29, 1.82) is 0 Å². The van der Waals surface area contributed by atoms with Crippen molar-refractivity contribution in [2.75, 3.05) is 0 Å². The third-order valence-electron chi connectivity index (χ3n) is 6.07. The molecule has 1 aromatic carbocycles. The largest absolute Gasteiger partial charge is 0.481 e. The van der Waals surface area contributed by atoms with Crippen molar-refractivity contribution in [2.24, 2.45) is 0 Å². The summed E-state index contributed by atoms with van der Waals surface area (Å²) in [5.74, 6) is -0.917. The van der Waals surface area contributed by atoms with Crippen LogP contribution in [-0.4, -0.2) is 30.2 Å². The van der Waals surface area contributed by atoms with Gasteiger partial charge in [0.15, 0.2) is 5.65 Å². The molecular weight excluding hydrogens is 392 g/mol. The minimum Gasteiger partial charge on any atom is -0.481 e. The average molecular weight is 421 g/mol. The van der Waals surface area contributed by atoms with Crippen molar-refractivity contribution in [2.45, 2.75) is 59.0 Å². The number of fused-ring (bicyclic) bond motifs is 2. The first kappa shape index (κ1) is 20.9. The molecule has 3 aromatic heterocycles. The Kier molecular flexibility index (Phi) is 5.43. The number of nitrogens with zero attached hydrogens (tertiary/aromatic N) is 3. The van der Waals surface area contributed by atoms with Gasteiger partial charge < -0.3 is 10.1 Å². The number of rotatable bonds is 7. The third-order valence-corrected chi connectivity index (χ3v) is 6.07. The van der Waals surface area contributed by atoms with Gasteiger partial charge in [0, 0.05) is 28.4 Å². The maximum atomic E-state index is 13.7. The van der Waals surface area contributed by atoms with Crippen molar-refractivity contribution in [3.63, 3.8) is 0 Å². The van der Waals surface area contributed by atoms with Gasteiger partial charge in [0.1, 0.15) is 0 Å². The van der Waals surface area contributed by atoms with E-state index in [1.807, 2.05) is 51.2 Å². The van der Waals surface area contributed by atoms with Crippen LogP contribution in [-0.2, 0) is 4.79 Å². The van der Waals surface area contributed by atoms with E-state index in [1.54, 1.807) is 9.13 Å². The molecule has 2 atom stereocenters. The van der Waals surface area contributed by atoms with E-state index < -0.39 is 12.0 Å². The second kappa shape index (κ2) is 8.06. The molecule has 4 aromatic rings. The molecule has 0 saturated carbocycles. The van der Waals surface area contributed by atoms with Crippen LogP contribution < -0.4 is 5.69 Å². The number of hydrogen-bond acceptors (Lipinski definition) is 3. The number of carbonyl (C=O) groups is 1. The number of carboxylic acid groups (broad SMARTS) is 1. The zero-order valence-electron chi connectivity index (χ0n) is 18.3. The van der Waals surface area contributed by atoms with Crippen LogP contribution >= 0.6 is 0 Å². The first-order valence-corrected chi connectivity index (χ1v) is 10.7. The molecule has 162 valence electrons. The zero-order valence-corrected chi connectivity index (χ0v) is 18.3. The standard InChI is InChI=1S/C24H28N4O3/c1-5-7-17(12-21(29)30)28-23-20(11-10-15(3)26-23)27(24(28)31)16(4)18-13-25-19-9-6-8-14(2)22(18)19/h6,8-11,13,16-17,25H,5,7,12H2,1-4H3,(H,29,30)/t16-,17?/m0/s1. The van der Waals surface area contributed by atoms with Crippen LogP contribution in [0, 0.1) is 13.8 Å². The van der Waals surface area contributed by atoms with Gasteiger partial charge in [0.05, 0.1) is 24.0 Å². The molecule has 0 aliphatic carbocycles.